The molecule has 15 heavy (non-hydrogen) atoms. The van der Waals surface area contributed by atoms with Crippen molar-refractivity contribution in [3.05, 3.63) is 47.0 Å². The summed E-state index contributed by atoms with van der Waals surface area (Å²) in [6, 6.07) is 7.83. The fraction of sp³-hybridized carbons (Fsp3) is 0.385. The van der Waals surface area contributed by atoms with Crippen molar-refractivity contribution in [3.8, 4) is 0 Å². The summed E-state index contributed by atoms with van der Waals surface area (Å²) in [7, 11) is 0. The minimum absolute atomic E-state index is 0.238. The summed E-state index contributed by atoms with van der Waals surface area (Å²) in [5.41, 5.74) is 8.16. The zero-order chi connectivity index (χ0) is 11.4. The van der Waals surface area contributed by atoms with E-state index in [0.717, 1.165) is 5.02 Å². The highest BCUT2D eigenvalue weighted by Crippen LogP contribution is 2.28. The molecule has 0 unspecified atom stereocenters. The average molecular weight is 224 g/mol. The first-order valence-electron chi connectivity index (χ1n) is 5.20. The monoisotopic (exact) mass is 223 g/mol. The molecule has 0 aliphatic rings. The van der Waals surface area contributed by atoms with Crippen molar-refractivity contribution in [1.29, 1.82) is 0 Å². The van der Waals surface area contributed by atoms with Gasteiger partial charge in [0.25, 0.3) is 0 Å². The number of halogens is 1. The van der Waals surface area contributed by atoms with Crippen molar-refractivity contribution < 1.29 is 0 Å². The largest absolute Gasteiger partial charge is 0.330 e. The van der Waals surface area contributed by atoms with Crippen LogP contribution in [0.25, 0.3) is 0 Å². The van der Waals surface area contributed by atoms with E-state index in [2.05, 4.69) is 20.4 Å². The molecular formula is C13H18ClN. The summed E-state index contributed by atoms with van der Waals surface area (Å²) in [6.45, 7) is 8.99. The molecule has 1 nitrogen and oxygen atoms in total. The second-order valence-corrected chi connectivity index (χ2v) is 4.51. The van der Waals surface area contributed by atoms with Gasteiger partial charge in [0.05, 0.1) is 0 Å². The molecule has 2 N–H and O–H groups in total. The second kappa shape index (κ2) is 5.34. The Bertz CT molecular complexity index is 327. The van der Waals surface area contributed by atoms with Crippen LogP contribution < -0.4 is 5.73 Å². The van der Waals surface area contributed by atoms with E-state index in [1.807, 2.05) is 24.3 Å². The van der Waals surface area contributed by atoms with E-state index < -0.39 is 0 Å². The van der Waals surface area contributed by atoms with Gasteiger partial charge in [-0.05, 0) is 23.6 Å². The fourth-order valence-electron chi connectivity index (χ4n) is 1.60. The first kappa shape index (κ1) is 12.3. The van der Waals surface area contributed by atoms with E-state index in [9.17, 15) is 0 Å². The highest BCUT2D eigenvalue weighted by atomic mass is 35.5. The van der Waals surface area contributed by atoms with Gasteiger partial charge in [0.1, 0.15) is 0 Å². The number of hydrogen-bond acceptors (Lipinski definition) is 1. The Morgan fingerprint density at radius 1 is 1.33 bits per heavy atom. The van der Waals surface area contributed by atoms with E-state index >= 15 is 0 Å². The van der Waals surface area contributed by atoms with E-state index in [0.29, 0.717) is 12.5 Å². The zero-order valence-corrected chi connectivity index (χ0v) is 10.1. The first-order valence-corrected chi connectivity index (χ1v) is 5.58. The molecule has 82 valence electrons. The van der Waals surface area contributed by atoms with E-state index in [-0.39, 0.29) is 5.92 Å². The van der Waals surface area contributed by atoms with Crippen LogP contribution in [0.3, 0.4) is 0 Å². The molecular weight excluding hydrogens is 206 g/mol. The second-order valence-electron chi connectivity index (χ2n) is 4.07. The minimum Gasteiger partial charge on any atom is -0.330 e. The Balaban J connectivity index is 2.92. The molecule has 1 aromatic rings. The van der Waals surface area contributed by atoms with Crippen LogP contribution in [0.2, 0.25) is 5.02 Å². The third kappa shape index (κ3) is 3.08. The van der Waals surface area contributed by atoms with Crippen LogP contribution in [-0.2, 0) is 0 Å². The normalized spacial score (nSPS) is 12.9. The minimum atomic E-state index is 0.238. The zero-order valence-electron chi connectivity index (χ0n) is 9.33. The molecule has 2 heteroatoms. The van der Waals surface area contributed by atoms with Gasteiger partial charge < -0.3 is 5.73 Å². The summed E-state index contributed by atoms with van der Waals surface area (Å²) in [5, 5.41) is 0.754. The van der Waals surface area contributed by atoms with Crippen LogP contribution in [0.5, 0.6) is 0 Å². The molecule has 0 saturated heterocycles. The van der Waals surface area contributed by atoms with Gasteiger partial charge in [0.2, 0.25) is 0 Å². The summed E-state index contributed by atoms with van der Waals surface area (Å²) in [6.07, 6.45) is 0. The number of rotatable bonds is 4. The van der Waals surface area contributed by atoms with E-state index in [1.54, 1.807) is 0 Å². The van der Waals surface area contributed by atoms with Crippen molar-refractivity contribution in [2.24, 2.45) is 11.7 Å². The lowest BCUT2D eigenvalue weighted by molar-refractivity contribution is 0.658. The molecule has 0 spiro atoms. The molecule has 1 aromatic carbocycles. The van der Waals surface area contributed by atoms with Crippen LogP contribution in [-0.4, -0.2) is 6.54 Å². The van der Waals surface area contributed by atoms with Crippen LogP contribution in [0.4, 0.5) is 0 Å². The molecule has 0 aliphatic carbocycles. The quantitative estimate of drug-likeness (QED) is 0.776. The SMILES string of the molecule is C=C(C(C)C)[C@H](CN)c1ccc(Cl)cc1. The lowest BCUT2D eigenvalue weighted by Crippen LogP contribution is -2.17. The molecule has 0 fully saturated rings. The topological polar surface area (TPSA) is 26.0 Å². The molecule has 1 rings (SSSR count). The molecule has 0 amide bonds. The number of benzene rings is 1. The molecule has 0 radical (unpaired) electrons. The molecule has 0 heterocycles. The predicted molar refractivity (Wildman–Crippen MR) is 67.2 cm³/mol. The average Bonchev–Trinajstić information content (AvgIpc) is 2.21. The lowest BCUT2D eigenvalue weighted by atomic mass is 9.86. The van der Waals surface area contributed by atoms with Gasteiger partial charge in [-0.3, -0.25) is 0 Å². The van der Waals surface area contributed by atoms with Gasteiger partial charge in [-0.1, -0.05) is 49.7 Å². The van der Waals surface area contributed by atoms with Crippen molar-refractivity contribution >= 4 is 11.6 Å². The fourth-order valence-corrected chi connectivity index (χ4v) is 1.72. The maximum atomic E-state index is 5.85. The van der Waals surface area contributed by atoms with Crippen LogP contribution in [0, 0.1) is 5.92 Å². The van der Waals surface area contributed by atoms with Crippen LogP contribution >= 0.6 is 11.6 Å². The van der Waals surface area contributed by atoms with E-state index in [1.165, 1.54) is 11.1 Å². The van der Waals surface area contributed by atoms with Gasteiger partial charge >= 0.3 is 0 Å². The van der Waals surface area contributed by atoms with E-state index in [4.69, 9.17) is 17.3 Å². The van der Waals surface area contributed by atoms with Crippen molar-refractivity contribution in [2.45, 2.75) is 19.8 Å². The van der Waals surface area contributed by atoms with Crippen LogP contribution in [0.15, 0.2) is 36.4 Å². The third-order valence-electron chi connectivity index (χ3n) is 2.70. The van der Waals surface area contributed by atoms with Gasteiger partial charge in [-0.25, -0.2) is 0 Å². The Hall–Kier alpha value is -0.790. The van der Waals surface area contributed by atoms with Gasteiger partial charge in [0, 0.05) is 17.5 Å². The molecule has 0 aromatic heterocycles. The third-order valence-corrected chi connectivity index (χ3v) is 2.95. The first-order chi connectivity index (χ1) is 7.06. The maximum Gasteiger partial charge on any atom is 0.0406 e. The standard InChI is InChI=1S/C13H18ClN/c1-9(2)10(3)13(8-15)11-4-6-12(14)7-5-11/h4-7,9,13H,3,8,15H2,1-2H3/t13-/m0/s1. The Labute approximate surface area is 96.9 Å². The Morgan fingerprint density at radius 3 is 2.27 bits per heavy atom. The lowest BCUT2D eigenvalue weighted by Gasteiger charge is -2.21. The number of hydrogen-bond donors (Lipinski definition) is 1. The molecule has 0 saturated carbocycles. The molecule has 0 bridgehead atoms. The smallest absolute Gasteiger partial charge is 0.0406 e. The molecule has 0 aliphatic heterocycles. The van der Waals surface area contributed by atoms with Crippen molar-refractivity contribution in [3.63, 3.8) is 0 Å². The summed E-state index contributed by atoms with van der Waals surface area (Å²) >= 11 is 5.85. The predicted octanol–water partition coefficient (Wildman–Crippen LogP) is 3.59. The van der Waals surface area contributed by atoms with Crippen molar-refractivity contribution in [2.75, 3.05) is 6.54 Å². The summed E-state index contributed by atoms with van der Waals surface area (Å²) in [5.74, 6) is 0.691. The van der Waals surface area contributed by atoms with Crippen molar-refractivity contribution in [1.82, 2.24) is 0 Å². The maximum absolute atomic E-state index is 5.85. The molecule has 1 atom stereocenters. The van der Waals surface area contributed by atoms with Gasteiger partial charge in [-0.15, -0.1) is 0 Å². The Kier molecular flexibility index (Phi) is 4.37. The Morgan fingerprint density at radius 2 is 1.87 bits per heavy atom. The van der Waals surface area contributed by atoms with Gasteiger partial charge in [-0.2, -0.15) is 0 Å². The highest BCUT2D eigenvalue weighted by Gasteiger charge is 2.15. The highest BCUT2D eigenvalue weighted by molar-refractivity contribution is 6.30. The van der Waals surface area contributed by atoms with Gasteiger partial charge in [0.15, 0.2) is 0 Å². The van der Waals surface area contributed by atoms with Crippen LogP contribution in [0.1, 0.15) is 25.3 Å². The number of nitrogens with two attached hydrogens (primary N) is 1. The summed E-state index contributed by atoms with van der Waals surface area (Å²) < 4.78 is 0. The summed E-state index contributed by atoms with van der Waals surface area (Å²) in [4.78, 5) is 0.